The van der Waals surface area contributed by atoms with E-state index >= 15 is 0 Å². The normalized spacial score (nSPS) is 11.3. The third-order valence-electron chi connectivity index (χ3n) is 1.93. The van der Waals surface area contributed by atoms with Gasteiger partial charge in [0, 0.05) is 28.7 Å². The van der Waals surface area contributed by atoms with Gasteiger partial charge in [0.25, 0.3) is 6.43 Å². The Bertz CT molecular complexity index is 436. The molecule has 1 aromatic carbocycles. The second-order valence-electron chi connectivity index (χ2n) is 2.77. The van der Waals surface area contributed by atoms with Gasteiger partial charge in [-0.25, -0.2) is 8.78 Å². The van der Waals surface area contributed by atoms with Gasteiger partial charge in [-0.15, -0.1) is 0 Å². The van der Waals surface area contributed by atoms with Gasteiger partial charge >= 0.3 is 0 Å². The van der Waals surface area contributed by atoms with Crippen molar-refractivity contribution in [2.24, 2.45) is 0 Å². The van der Waals surface area contributed by atoms with Crippen molar-refractivity contribution >= 4 is 10.9 Å². The summed E-state index contributed by atoms with van der Waals surface area (Å²) in [6.07, 6.45) is -1.23. The summed E-state index contributed by atoms with van der Waals surface area (Å²) in [5.41, 5.74) is 0.491. The Hall–Kier alpha value is -1.58. The van der Waals surface area contributed by atoms with Crippen LogP contribution in [0.4, 0.5) is 8.78 Å². The van der Waals surface area contributed by atoms with Crippen LogP contribution in [0.3, 0.4) is 0 Å². The van der Waals surface area contributed by atoms with Crippen LogP contribution in [0.1, 0.15) is 12.0 Å². The summed E-state index contributed by atoms with van der Waals surface area (Å²) in [6, 6.07) is 4.28. The maximum atomic E-state index is 12.3. The van der Waals surface area contributed by atoms with Gasteiger partial charge in [0.1, 0.15) is 5.75 Å². The van der Waals surface area contributed by atoms with E-state index in [0.29, 0.717) is 10.9 Å². The Morgan fingerprint density at radius 1 is 1.31 bits per heavy atom. The standard InChI is InChI=1S/C9H7F2NO/c10-9(11)7-4-12-8-3-5(13)1-2-6(7)8/h1-4,9,12-13H. The number of alkyl halides is 2. The van der Waals surface area contributed by atoms with Crippen LogP contribution in [-0.2, 0) is 0 Å². The molecule has 13 heavy (non-hydrogen) atoms. The molecule has 0 aliphatic heterocycles. The Labute approximate surface area is 72.8 Å². The average Bonchev–Trinajstić information content (AvgIpc) is 2.46. The Morgan fingerprint density at radius 3 is 2.77 bits per heavy atom. The highest BCUT2D eigenvalue weighted by atomic mass is 19.3. The van der Waals surface area contributed by atoms with Crippen LogP contribution in [0.5, 0.6) is 5.75 Å². The van der Waals surface area contributed by atoms with Crippen LogP contribution >= 0.6 is 0 Å². The average molecular weight is 183 g/mol. The molecule has 2 aromatic rings. The first-order valence-corrected chi connectivity index (χ1v) is 3.76. The van der Waals surface area contributed by atoms with Crippen molar-refractivity contribution in [3.63, 3.8) is 0 Å². The van der Waals surface area contributed by atoms with E-state index in [2.05, 4.69) is 4.98 Å². The number of aromatic nitrogens is 1. The van der Waals surface area contributed by atoms with Crippen LogP contribution < -0.4 is 0 Å². The number of phenolic OH excluding ortho intramolecular Hbond substituents is 1. The lowest BCUT2D eigenvalue weighted by Gasteiger charge is -1.96. The number of halogens is 2. The Morgan fingerprint density at radius 2 is 2.08 bits per heavy atom. The molecule has 2 rings (SSSR count). The smallest absolute Gasteiger partial charge is 0.265 e. The van der Waals surface area contributed by atoms with Gasteiger partial charge in [-0.05, 0) is 12.1 Å². The van der Waals surface area contributed by atoms with E-state index in [-0.39, 0.29) is 11.3 Å². The van der Waals surface area contributed by atoms with Gasteiger partial charge in [0.2, 0.25) is 0 Å². The minimum Gasteiger partial charge on any atom is -0.508 e. The number of H-pyrrole nitrogens is 1. The van der Waals surface area contributed by atoms with Crippen molar-refractivity contribution in [2.45, 2.75) is 6.43 Å². The van der Waals surface area contributed by atoms with E-state index in [4.69, 9.17) is 5.11 Å². The molecule has 1 heterocycles. The zero-order valence-corrected chi connectivity index (χ0v) is 6.59. The molecule has 0 saturated heterocycles. The molecular formula is C9H7F2NO. The van der Waals surface area contributed by atoms with Gasteiger partial charge in [-0.2, -0.15) is 0 Å². The molecule has 68 valence electrons. The van der Waals surface area contributed by atoms with Crippen molar-refractivity contribution in [2.75, 3.05) is 0 Å². The molecule has 0 aliphatic carbocycles. The second-order valence-corrected chi connectivity index (χ2v) is 2.77. The number of nitrogens with one attached hydrogen (secondary N) is 1. The Kier molecular flexibility index (Phi) is 1.69. The molecule has 2 nitrogen and oxygen atoms in total. The third-order valence-corrected chi connectivity index (χ3v) is 1.93. The van der Waals surface area contributed by atoms with Crippen molar-refractivity contribution < 1.29 is 13.9 Å². The summed E-state index contributed by atoms with van der Waals surface area (Å²) >= 11 is 0. The van der Waals surface area contributed by atoms with Crippen molar-refractivity contribution in [1.29, 1.82) is 0 Å². The van der Waals surface area contributed by atoms with Crippen LogP contribution in [-0.4, -0.2) is 10.1 Å². The van der Waals surface area contributed by atoms with E-state index in [9.17, 15) is 8.78 Å². The maximum Gasteiger partial charge on any atom is 0.265 e. The fourth-order valence-electron chi connectivity index (χ4n) is 1.32. The molecule has 2 N–H and O–H groups in total. The second kappa shape index (κ2) is 2.73. The molecular weight excluding hydrogens is 176 g/mol. The molecule has 0 bridgehead atoms. The zero-order valence-electron chi connectivity index (χ0n) is 6.59. The van der Waals surface area contributed by atoms with Crippen molar-refractivity contribution in [3.05, 3.63) is 30.0 Å². The van der Waals surface area contributed by atoms with Crippen molar-refractivity contribution in [3.8, 4) is 5.75 Å². The number of benzene rings is 1. The van der Waals surface area contributed by atoms with E-state index < -0.39 is 6.43 Å². The summed E-state index contributed by atoms with van der Waals surface area (Å²) in [7, 11) is 0. The van der Waals surface area contributed by atoms with Crippen LogP contribution in [0.25, 0.3) is 10.9 Å². The molecule has 1 aromatic heterocycles. The van der Waals surface area contributed by atoms with Crippen LogP contribution in [0.2, 0.25) is 0 Å². The summed E-state index contributed by atoms with van der Waals surface area (Å²) in [5, 5.41) is 9.52. The van der Waals surface area contributed by atoms with Gasteiger partial charge in [0.15, 0.2) is 0 Å². The number of hydrogen-bond acceptors (Lipinski definition) is 1. The topological polar surface area (TPSA) is 36.0 Å². The van der Waals surface area contributed by atoms with E-state index in [0.717, 1.165) is 0 Å². The molecule has 0 unspecified atom stereocenters. The third kappa shape index (κ3) is 1.24. The van der Waals surface area contributed by atoms with Crippen molar-refractivity contribution in [1.82, 2.24) is 4.98 Å². The first kappa shape index (κ1) is 8.04. The predicted molar refractivity (Wildman–Crippen MR) is 44.9 cm³/mol. The minimum absolute atomic E-state index is 0.0324. The summed E-state index contributed by atoms with van der Waals surface area (Å²) in [5.74, 6) is 0.0650. The quantitative estimate of drug-likeness (QED) is 0.700. The fourth-order valence-corrected chi connectivity index (χ4v) is 1.32. The lowest BCUT2D eigenvalue weighted by molar-refractivity contribution is 0.153. The van der Waals surface area contributed by atoms with E-state index in [1.807, 2.05) is 0 Å². The summed E-state index contributed by atoms with van der Waals surface area (Å²) in [6.45, 7) is 0. The minimum atomic E-state index is -2.49. The van der Waals surface area contributed by atoms with Gasteiger partial charge < -0.3 is 10.1 Å². The lowest BCUT2D eigenvalue weighted by Crippen LogP contribution is -1.79. The maximum absolute atomic E-state index is 12.3. The number of aromatic hydroxyl groups is 1. The molecule has 4 heteroatoms. The summed E-state index contributed by atoms with van der Waals surface area (Å²) in [4.78, 5) is 2.67. The molecule has 0 atom stereocenters. The van der Waals surface area contributed by atoms with Crippen LogP contribution in [0, 0.1) is 0 Å². The lowest BCUT2D eigenvalue weighted by atomic mass is 10.2. The van der Waals surface area contributed by atoms with Gasteiger partial charge in [-0.1, -0.05) is 0 Å². The Balaban J connectivity index is 2.69. The zero-order chi connectivity index (χ0) is 9.42. The number of rotatable bonds is 1. The largest absolute Gasteiger partial charge is 0.508 e. The van der Waals surface area contributed by atoms with Gasteiger partial charge in [-0.3, -0.25) is 0 Å². The fraction of sp³-hybridized carbons (Fsp3) is 0.111. The highest BCUT2D eigenvalue weighted by Crippen LogP contribution is 2.29. The SMILES string of the molecule is Oc1ccc2c(C(F)F)c[nH]c2c1. The molecule has 0 spiro atoms. The molecule has 0 fully saturated rings. The highest BCUT2D eigenvalue weighted by molar-refractivity contribution is 5.84. The highest BCUT2D eigenvalue weighted by Gasteiger charge is 2.12. The summed E-state index contributed by atoms with van der Waals surface area (Å²) < 4.78 is 24.7. The van der Waals surface area contributed by atoms with Crippen LogP contribution in [0.15, 0.2) is 24.4 Å². The molecule has 0 radical (unpaired) electrons. The first-order valence-electron chi connectivity index (χ1n) is 3.76. The monoisotopic (exact) mass is 183 g/mol. The number of aromatic amines is 1. The number of phenols is 1. The van der Waals surface area contributed by atoms with E-state index in [1.165, 1.54) is 24.4 Å². The molecule has 0 amide bonds. The predicted octanol–water partition coefficient (Wildman–Crippen LogP) is 2.81. The number of fused-ring (bicyclic) bond motifs is 1. The van der Waals surface area contributed by atoms with E-state index in [1.54, 1.807) is 0 Å². The molecule has 0 aliphatic rings. The molecule has 0 saturated carbocycles. The van der Waals surface area contributed by atoms with Gasteiger partial charge in [0.05, 0.1) is 0 Å². The first-order chi connectivity index (χ1) is 6.18. The number of hydrogen-bond donors (Lipinski definition) is 2.